The molecule has 3 rings (SSSR count). The van der Waals surface area contributed by atoms with E-state index in [9.17, 15) is 4.79 Å². The molecule has 0 bridgehead atoms. The third-order valence-electron chi connectivity index (χ3n) is 3.42. The Hall–Kier alpha value is -2.08. The molecule has 19 heavy (non-hydrogen) atoms. The van der Waals surface area contributed by atoms with E-state index in [1.54, 1.807) is 10.7 Å². The Bertz CT molecular complexity index is 627. The number of carbonyl (C=O) groups excluding carboxylic acids is 1. The van der Waals surface area contributed by atoms with Gasteiger partial charge in [-0.15, -0.1) is 0 Å². The molecule has 100 valence electrons. The van der Waals surface area contributed by atoms with Gasteiger partial charge in [0.1, 0.15) is 17.8 Å². The topological polar surface area (TPSA) is 86.1 Å². The summed E-state index contributed by atoms with van der Waals surface area (Å²) >= 11 is 0. The van der Waals surface area contributed by atoms with Crippen molar-refractivity contribution in [1.82, 2.24) is 9.78 Å². The summed E-state index contributed by atoms with van der Waals surface area (Å²) in [6, 6.07) is 1.66. The zero-order valence-electron chi connectivity index (χ0n) is 10.8. The Balaban J connectivity index is 1.83. The Labute approximate surface area is 110 Å². The first-order valence-corrected chi connectivity index (χ1v) is 6.32. The summed E-state index contributed by atoms with van der Waals surface area (Å²) in [4.78, 5) is 12.1. The molecule has 0 radical (unpaired) electrons. The van der Waals surface area contributed by atoms with Crippen molar-refractivity contribution in [3.8, 4) is 0 Å². The van der Waals surface area contributed by atoms with Crippen molar-refractivity contribution >= 4 is 11.7 Å². The van der Waals surface area contributed by atoms with Crippen molar-refractivity contribution in [2.24, 2.45) is 12.8 Å². The summed E-state index contributed by atoms with van der Waals surface area (Å²) in [6.45, 7) is 0.286. The van der Waals surface area contributed by atoms with Gasteiger partial charge in [-0.1, -0.05) is 0 Å². The number of anilines is 1. The highest BCUT2D eigenvalue weighted by atomic mass is 16.3. The van der Waals surface area contributed by atoms with Crippen LogP contribution in [-0.4, -0.2) is 15.7 Å². The number of carbonyl (C=O) groups is 1. The van der Waals surface area contributed by atoms with Crippen LogP contribution in [-0.2, 0) is 26.4 Å². The average Bonchev–Trinajstić information content (AvgIpc) is 3.07. The molecule has 0 spiro atoms. The smallest absolute Gasteiger partial charge is 0.260 e. The lowest BCUT2D eigenvalue weighted by molar-refractivity contribution is 0.102. The van der Waals surface area contributed by atoms with E-state index < -0.39 is 0 Å². The van der Waals surface area contributed by atoms with Crippen LogP contribution >= 0.6 is 0 Å². The Morgan fingerprint density at radius 1 is 1.58 bits per heavy atom. The second-order valence-electron chi connectivity index (χ2n) is 4.71. The first-order valence-electron chi connectivity index (χ1n) is 6.32. The standard InChI is InChI=1S/C13H16N4O2/c1-17-12(10-3-2-4-11(10)16-17)15-13(18)8-5-9(6-14)19-7-8/h5,7H,2-4,6,14H2,1H3,(H,15,18). The van der Waals surface area contributed by atoms with Gasteiger partial charge in [-0.3, -0.25) is 9.48 Å². The normalized spacial score (nSPS) is 13.6. The maximum absolute atomic E-state index is 12.1. The molecule has 2 aromatic rings. The third kappa shape index (κ3) is 2.04. The van der Waals surface area contributed by atoms with E-state index in [0.717, 1.165) is 36.3 Å². The number of aryl methyl sites for hydroxylation is 2. The highest BCUT2D eigenvalue weighted by Gasteiger charge is 2.22. The molecule has 1 aliphatic carbocycles. The summed E-state index contributed by atoms with van der Waals surface area (Å²) in [6.07, 6.45) is 4.48. The van der Waals surface area contributed by atoms with Crippen LogP contribution in [0.4, 0.5) is 5.82 Å². The fourth-order valence-electron chi connectivity index (χ4n) is 2.46. The van der Waals surface area contributed by atoms with Gasteiger partial charge in [0, 0.05) is 12.6 Å². The van der Waals surface area contributed by atoms with Gasteiger partial charge in [0.05, 0.1) is 17.8 Å². The number of furan rings is 1. The fraction of sp³-hybridized carbons (Fsp3) is 0.385. The van der Waals surface area contributed by atoms with Crippen molar-refractivity contribution in [2.45, 2.75) is 25.8 Å². The largest absolute Gasteiger partial charge is 0.467 e. The lowest BCUT2D eigenvalue weighted by Gasteiger charge is -2.06. The van der Waals surface area contributed by atoms with Gasteiger partial charge >= 0.3 is 0 Å². The minimum atomic E-state index is -0.193. The molecule has 0 saturated heterocycles. The minimum Gasteiger partial charge on any atom is -0.467 e. The predicted octanol–water partition coefficient (Wildman–Crippen LogP) is 1.21. The lowest BCUT2D eigenvalue weighted by Crippen LogP contribution is -2.15. The third-order valence-corrected chi connectivity index (χ3v) is 3.42. The summed E-state index contributed by atoms with van der Waals surface area (Å²) in [5.41, 5.74) is 8.18. The first-order chi connectivity index (χ1) is 9.19. The van der Waals surface area contributed by atoms with E-state index in [0.29, 0.717) is 11.3 Å². The summed E-state index contributed by atoms with van der Waals surface area (Å²) in [7, 11) is 1.84. The molecule has 1 amide bonds. The number of hydrogen-bond donors (Lipinski definition) is 2. The Kier molecular flexibility index (Phi) is 2.87. The minimum absolute atomic E-state index is 0.193. The number of hydrogen-bond acceptors (Lipinski definition) is 4. The molecule has 0 aromatic carbocycles. The summed E-state index contributed by atoms with van der Waals surface area (Å²) in [5, 5.41) is 7.32. The Morgan fingerprint density at radius 2 is 2.42 bits per heavy atom. The van der Waals surface area contributed by atoms with E-state index in [1.165, 1.54) is 6.26 Å². The highest BCUT2D eigenvalue weighted by molar-refractivity contribution is 6.04. The second kappa shape index (κ2) is 4.55. The molecule has 0 unspecified atom stereocenters. The van der Waals surface area contributed by atoms with Crippen LogP contribution in [0.3, 0.4) is 0 Å². The van der Waals surface area contributed by atoms with E-state index in [4.69, 9.17) is 10.2 Å². The molecule has 0 atom stereocenters. The molecule has 6 nitrogen and oxygen atoms in total. The molecule has 1 aliphatic rings. The maximum atomic E-state index is 12.1. The molecule has 0 saturated carbocycles. The van der Waals surface area contributed by atoms with Crippen LogP contribution in [0.25, 0.3) is 0 Å². The number of amides is 1. The van der Waals surface area contributed by atoms with E-state index >= 15 is 0 Å². The van der Waals surface area contributed by atoms with Crippen LogP contribution in [0, 0.1) is 0 Å². The van der Waals surface area contributed by atoms with Crippen LogP contribution in [0.1, 0.15) is 33.8 Å². The fourth-order valence-corrected chi connectivity index (χ4v) is 2.46. The number of aromatic nitrogens is 2. The summed E-state index contributed by atoms with van der Waals surface area (Å²) in [5.74, 6) is 1.19. The number of nitrogens with two attached hydrogens (primary N) is 1. The summed E-state index contributed by atoms with van der Waals surface area (Å²) < 4.78 is 6.90. The molecule has 6 heteroatoms. The number of nitrogens with zero attached hydrogens (tertiary/aromatic N) is 2. The van der Waals surface area contributed by atoms with Gasteiger partial charge in [-0.05, 0) is 25.3 Å². The van der Waals surface area contributed by atoms with Crippen LogP contribution in [0.2, 0.25) is 0 Å². The molecule has 0 fully saturated rings. The Morgan fingerprint density at radius 3 is 3.16 bits per heavy atom. The van der Waals surface area contributed by atoms with E-state index in [-0.39, 0.29) is 12.5 Å². The maximum Gasteiger partial charge on any atom is 0.260 e. The van der Waals surface area contributed by atoms with Crippen LogP contribution in [0.15, 0.2) is 16.7 Å². The zero-order chi connectivity index (χ0) is 13.4. The van der Waals surface area contributed by atoms with Gasteiger partial charge < -0.3 is 15.5 Å². The van der Waals surface area contributed by atoms with Crippen LogP contribution < -0.4 is 11.1 Å². The SMILES string of the molecule is Cn1nc2c(c1NC(=O)c1coc(CN)c1)CCC2. The lowest BCUT2D eigenvalue weighted by atomic mass is 10.2. The van der Waals surface area contributed by atoms with Gasteiger partial charge in [-0.2, -0.15) is 5.10 Å². The number of rotatable bonds is 3. The predicted molar refractivity (Wildman–Crippen MR) is 69.8 cm³/mol. The van der Waals surface area contributed by atoms with Crippen LogP contribution in [0.5, 0.6) is 0 Å². The molecular formula is C13H16N4O2. The van der Waals surface area contributed by atoms with Gasteiger partial charge in [0.15, 0.2) is 0 Å². The van der Waals surface area contributed by atoms with Crippen molar-refractivity contribution in [3.05, 3.63) is 34.9 Å². The van der Waals surface area contributed by atoms with E-state index in [2.05, 4.69) is 10.4 Å². The first kappa shape index (κ1) is 12.0. The molecule has 3 N–H and O–H groups in total. The average molecular weight is 260 g/mol. The number of nitrogens with one attached hydrogen (secondary N) is 1. The number of fused-ring (bicyclic) bond motifs is 1. The zero-order valence-corrected chi connectivity index (χ0v) is 10.8. The van der Waals surface area contributed by atoms with Gasteiger partial charge in [-0.25, -0.2) is 0 Å². The molecule has 2 heterocycles. The van der Waals surface area contributed by atoms with Crippen molar-refractivity contribution < 1.29 is 9.21 Å². The quantitative estimate of drug-likeness (QED) is 0.868. The second-order valence-corrected chi connectivity index (χ2v) is 4.71. The van der Waals surface area contributed by atoms with E-state index in [1.807, 2.05) is 7.05 Å². The molecular weight excluding hydrogens is 244 g/mol. The molecule has 2 aromatic heterocycles. The highest BCUT2D eigenvalue weighted by Crippen LogP contribution is 2.28. The van der Waals surface area contributed by atoms with Gasteiger partial charge in [0.25, 0.3) is 5.91 Å². The molecule has 0 aliphatic heterocycles. The monoisotopic (exact) mass is 260 g/mol. The van der Waals surface area contributed by atoms with Crippen molar-refractivity contribution in [1.29, 1.82) is 0 Å². The van der Waals surface area contributed by atoms with Crippen molar-refractivity contribution in [2.75, 3.05) is 5.32 Å². The van der Waals surface area contributed by atoms with Crippen molar-refractivity contribution in [3.63, 3.8) is 0 Å². The van der Waals surface area contributed by atoms with Gasteiger partial charge in [0.2, 0.25) is 0 Å².